The third-order valence-corrected chi connectivity index (χ3v) is 3.10. The van der Waals surface area contributed by atoms with Crippen molar-refractivity contribution >= 4 is 5.57 Å². The second kappa shape index (κ2) is 5.12. The van der Waals surface area contributed by atoms with Crippen molar-refractivity contribution in [3.63, 3.8) is 0 Å². The van der Waals surface area contributed by atoms with Gasteiger partial charge in [-0.15, -0.1) is 0 Å². The van der Waals surface area contributed by atoms with Crippen LogP contribution < -0.4 is 0 Å². The monoisotopic (exact) mass is 280 g/mol. The molecule has 2 aromatic rings. The molecule has 0 aliphatic carbocycles. The lowest BCUT2D eigenvalue weighted by molar-refractivity contribution is 0.493. The molecule has 2 aromatic carbocycles. The van der Waals surface area contributed by atoms with Crippen LogP contribution in [0.5, 0.6) is 0 Å². The Hall–Kier alpha value is -2.10. The Morgan fingerprint density at radius 3 is 2.20 bits per heavy atom. The van der Waals surface area contributed by atoms with Crippen molar-refractivity contribution in [2.75, 3.05) is 0 Å². The van der Waals surface area contributed by atoms with Gasteiger partial charge < -0.3 is 0 Å². The van der Waals surface area contributed by atoms with Crippen LogP contribution in [0, 0.1) is 30.2 Å². The first-order valence-corrected chi connectivity index (χ1v) is 5.93. The van der Waals surface area contributed by atoms with E-state index in [0.29, 0.717) is 0 Å². The molecule has 104 valence electrons. The highest BCUT2D eigenvalue weighted by atomic mass is 19.2. The van der Waals surface area contributed by atoms with Crippen molar-refractivity contribution in [1.82, 2.24) is 0 Å². The minimum Gasteiger partial charge on any atom is -0.207 e. The Bertz CT molecular complexity index is 673. The molecule has 0 saturated heterocycles. The second-order valence-corrected chi connectivity index (χ2v) is 4.61. The van der Waals surface area contributed by atoms with Gasteiger partial charge >= 0.3 is 0 Å². The van der Waals surface area contributed by atoms with Crippen molar-refractivity contribution in [1.29, 1.82) is 0 Å². The Balaban J connectivity index is 2.83. The molecule has 0 amide bonds. The number of rotatable bonds is 2. The van der Waals surface area contributed by atoms with Gasteiger partial charge in [0.05, 0.1) is 5.56 Å². The van der Waals surface area contributed by atoms with Crippen LogP contribution in [-0.2, 0) is 0 Å². The molecule has 0 aliphatic heterocycles. The summed E-state index contributed by atoms with van der Waals surface area (Å²) in [6.45, 7) is 6.31. The number of hydrogen-bond donors (Lipinski definition) is 0. The summed E-state index contributed by atoms with van der Waals surface area (Å²) in [5.74, 6) is -4.07. The van der Waals surface area contributed by atoms with Crippen LogP contribution in [0.1, 0.15) is 18.1 Å². The van der Waals surface area contributed by atoms with Gasteiger partial charge in [-0.3, -0.25) is 0 Å². The molecule has 0 heterocycles. The predicted molar refractivity (Wildman–Crippen MR) is 71.2 cm³/mol. The van der Waals surface area contributed by atoms with Crippen molar-refractivity contribution < 1.29 is 17.6 Å². The third kappa shape index (κ3) is 2.22. The molecular formula is C16H12F4. The van der Waals surface area contributed by atoms with Crippen LogP contribution in [0.3, 0.4) is 0 Å². The molecule has 0 saturated carbocycles. The van der Waals surface area contributed by atoms with E-state index in [1.807, 2.05) is 0 Å². The zero-order chi connectivity index (χ0) is 15.0. The lowest BCUT2D eigenvalue weighted by Gasteiger charge is -2.14. The van der Waals surface area contributed by atoms with Crippen LogP contribution in [-0.4, -0.2) is 0 Å². The van der Waals surface area contributed by atoms with Crippen molar-refractivity contribution in [3.8, 4) is 11.1 Å². The van der Waals surface area contributed by atoms with Crippen LogP contribution in [0.4, 0.5) is 17.6 Å². The molecule has 0 radical (unpaired) electrons. The topological polar surface area (TPSA) is 0 Å². The highest BCUT2D eigenvalue weighted by Gasteiger charge is 2.24. The first-order valence-electron chi connectivity index (χ1n) is 5.93. The summed E-state index contributed by atoms with van der Waals surface area (Å²) in [7, 11) is 0. The quantitative estimate of drug-likeness (QED) is 0.520. The van der Waals surface area contributed by atoms with Gasteiger partial charge in [-0.1, -0.05) is 18.7 Å². The summed E-state index contributed by atoms with van der Waals surface area (Å²) in [6, 6.07) is 4.74. The molecule has 0 fully saturated rings. The molecule has 0 aliphatic rings. The maximum absolute atomic E-state index is 14.3. The molecule has 4 heteroatoms. The van der Waals surface area contributed by atoms with Crippen molar-refractivity contribution in [3.05, 3.63) is 65.2 Å². The molecule has 0 unspecified atom stereocenters. The Morgan fingerprint density at radius 2 is 1.65 bits per heavy atom. The minimum absolute atomic E-state index is 0.0457. The molecule has 20 heavy (non-hydrogen) atoms. The van der Waals surface area contributed by atoms with Crippen molar-refractivity contribution in [2.45, 2.75) is 13.8 Å². The fourth-order valence-electron chi connectivity index (χ4n) is 2.18. The van der Waals surface area contributed by atoms with Gasteiger partial charge in [-0.25, -0.2) is 17.6 Å². The summed E-state index contributed by atoms with van der Waals surface area (Å²) < 4.78 is 55.6. The van der Waals surface area contributed by atoms with E-state index < -0.39 is 28.8 Å². The van der Waals surface area contributed by atoms with E-state index in [-0.39, 0.29) is 22.3 Å². The maximum Gasteiger partial charge on any atom is 0.170 e. The first-order chi connectivity index (χ1) is 9.34. The Kier molecular flexibility index (Phi) is 3.66. The van der Waals surface area contributed by atoms with Gasteiger partial charge in [0.1, 0.15) is 11.6 Å². The number of hydrogen-bond acceptors (Lipinski definition) is 0. The third-order valence-electron chi connectivity index (χ3n) is 3.10. The second-order valence-electron chi connectivity index (χ2n) is 4.61. The van der Waals surface area contributed by atoms with E-state index in [1.54, 1.807) is 0 Å². The zero-order valence-electron chi connectivity index (χ0n) is 11.0. The van der Waals surface area contributed by atoms with Gasteiger partial charge in [-0.2, -0.15) is 0 Å². The Morgan fingerprint density at radius 1 is 1.00 bits per heavy atom. The SMILES string of the molecule is C=C(C)c1c(C)c(F)c(-c2cccc(F)c2)c(F)c1F. The maximum atomic E-state index is 14.3. The highest BCUT2D eigenvalue weighted by molar-refractivity contribution is 5.73. The lowest BCUT2D eigenvalue weighted by Crippen LogP contribution is -2.04. The van der Waals surface area contributed by atoms with E-state index in [0.717, 1.165) is 12.1 Å². The average Bonchev–Trinajstić information content (AvgIpc) is 2.37. The largest absolute Gasteiger partial charge is 0.207 e. The van der Waals surface area contributed by atoms with Crippen LogP contribution in [0.15, 0.2) is 30.8 Å². The molecule has 0 atom stereocenters. The summed E-state index contributed by atoms with van der Waals surface area (Å²) in [4.78, 5) is 0. The first kappa shape index (κ1) is 14.3. The standard InChI is InChI=1S/C16H12F4/c1-8(2)12-9(3)14(18)13(16(20)15(12)19)10-5-4-6-11(17)7-10/h4-7H,1H2,2-3H3. The predicted octanol–water partition coefficient (Wildman–Crippen LogP) is 5.25. The molecule has 0 nitrogen and oxygen atoms in total. The summed E-state index contributed by atoms with van der Waals surface area (Å²) >= 11 is 0. The molecular weight excluding hydrogens is 268 g/mol. The minimum atomic E-state index is -1.34. The van der Waals surface area contributed by atoms with E-state index >= 15 is 0 Å². The molecule has 0 spiro atoms. The van der Waals surface area contributed by atoms with E-state index in [1.165, 1.54) is 26.0 Å². The van der Waals surface area contributed by atoms with Gasteiger partial charge in [-0.05, 0) is 42.7 Å². The highest BCUT2D eigenvalue weighted by Crippen LogP contribution is 2.34. The Labute approximate surface area is 114 Å². The number of halogens is 4. The van der Waals surface area contributed by atoms with Crippen LogP contribution >= 0.6 is 0 Å². The summed E-state index contributed by atoms with van der Waals surface area (Å²) in [5, 5.41) is 0. The molecule has 0 bridgehead atoms. The smallest absolute Gasteiger partial charge is 0.170 e. The number of allylic oxidation sites excluding steroid dienone is 1. The van der Waals surface area contributed by atoms with Gasteiger partial charge in [0.2, 0.25) is 0 Å². The molecule has 2 rings (SSSR count). The summed E-state index contributed by atoms with van der Waals surface area (Å²) in [6.07, 6.45) is 0. The van der Waals surface area contributed by atoms with Gasteiger partial charge in [0, 0.05) is 5.56 Å². The van der Waals surface area contributed by atoms with Crippen LogP contribution in [0.25, 0.3) is 16.7 Å². The fraction of sp³-hybridized carbons (Fsp3) is 0.125. The van der Waals surface area contributed by atoms with Crippen LogP contribution in [0.2, 0.25) is 0 Å². The van der Waals surface area contributed by atoms with E-state index in [2.05, 4.69) is 6.58 Å². The molecule has 0 N–H and O–H groups in total. The van der Waals surface area contributed by atoms with E-state index in [9.17, 15) is 17.6 Å². The number of benzene rings is 2. The van der Waals surface area contributed by atoms with E-state index in [4.69, 9.17) is 0 Å². The van der Waals surface area contributed by atoms with Gasteiger partial charge in [0.25, 0.3) is 0 Å². The fourth-order valence-corrected chi connectivity index (χ4v) is 2.18. The normalized spacial score (nSPS) is 10.7. The summed E-state index contributed by atoms with van der Waals surface area (Å²) in [5.41, 5.74) is -0.612. The molecule has 0 aromatic heterocycles. The average molecular weight is 280 g/mol. The van der Waals surface area contributed by atoms with Crippen molar-refractivity contribution in [2.24, 2.45) is 0 Å². The van der Waals surface area contributed by atoms with Gasteiger partial charge in [0.15, 0.2) is 11.6 Å². The lowest BCUT2D eigenvalue weighted by atomic mass is 9.94. The zero-order valence-corrected chi connectivity index (χ0v) is 11.0.